The minimum Gasteiger partial charge on any atom is -0.477 e. The van der Waals surface area contributed by atoms with Gasteiger partial charge in [-0.15, -0.1) is 0 Å². The van der Waals surface area contributed by atoms with Gasteiger partial charge in [-0.2, -0.15) is 4.98 Å². The first-order valence-corrected chi connectivity index (χ1v) is 6.85. The molecule has 0 unspecified atom stereocenters. The van der Waals surface area contributed by atoms with Crippen molar-refractivity contribution < 1.29 is 9.53 Å². The van der Waals surface area contributed by atoms with Crippen LogP contribution in [0.25, 0.3) is 0 Å². The van der Waals surface area contributed by atoms with E-state index >= 15 is 0 Å². The monoisotopic (exact) mass is 279 g/mol. The average molecular weight is 279 g/mol. The van der Waals surface area contributed by atoms with E-state index in [2.05, 4.69) is 15.3 Å². The smallest absolute Gasteiger partial charge is 0.242 e. The Balaban J connectivity index is 1.94. The SMILES string of the molecule is CCOc1cncc(N(C)CC(=O)N2CCNCC2)n1. The van der Waals surface area contributed by atoms with Crippen LogP contribution in [0.2, 0.25) is 0 Å². The average Bonchev–Trinajstić information content (AvgIpc) is 2.48. The number of nitrogens with one attached hydrogen (secondary N) is 1. The number of piperazine rings is 1. The predicted molar refractivity (Wildman–Crippen MR) is 75.9 cm³/mol. The molecule has 1 aromatic heterocycles. The fourth-order valence-corrected chi connectivity index (χ4v) is 2.04. The van der Waals surface area contributed by atoms with E-state index in [1.165, 1.54) is 0 Å². The van der Waals surface area contributed by atoms with Crippen molar-refractivity contribution in [3.8, 4) is 5.88 Å². The first-order chi connectivity index (χ1) is 9.70. The van der Waals surface area contributed by atoms with Crippen molar-refractivity contribution in [1.82, 2.24) is 20.2 Å². The van der Waals surface area contributed by atoms with Crippen molar-refractivity contribution >= 4 is 11.7 Å². The van der Waals surface area contributed by atoms with Crippen LogP contribution in [0, 0.1) is 0 Å². The number of anilines is 1. The predicted octanol–water partition coefficient (Wildman–Crippen LogP) is -0.257. The van der Waals surface area contributed by atoms with Gasteiger partial charge in [0, 0.05) is 33.2 Å². The summed E-state index contributed by atoms with van der Waals surface area (Å²) in [4.78, 5) is 24.2. The summed E-state index contributed by atoms with van der Waals surface area (Å²) in [5, 5.41) is 3.23. The van der Waals surface area contributed by atoms with Crippen LogP contribution in [0.3, 0.4) is 0 Å². The molecule has 2 heterocycles. The first-order valence-electron chi connectivity index (χ1n) is 6.85. The Bertz CT molecular complexity index is 448. The standard InChI is InChI=1S/C13H21N5O2/c1-3-20-12-9-15-8-11(16-12)17(2)10-13(19)18-6-4-14-5-7-18/h8-9,14H,3-7,10H2,1-2H3. The summed E-state index contributed by atoms with van der Waals surface area (Å²) in [5.74, 6) is 1.23. The van der Waals surface area contributed by atoms with Crippen molar-refractivity contribution in [2.75, 3.05) is 51.3 Å². The molecule has 1 fully saturated rings. The molecule has 20 heavy (non-hydrogen) atoms. The van der Waals surface area contributed by atoms with E-state index in [-0.39, 0.29) is 5.91 Å². The Hall–Kier alpha value is -1.89. The lowest BCUT2D eigenvalue weighted by molar-refractivity contribution is -0.130. The van der Waals surface area contributed by atoms with Gasteiger partial charge < -0.3 is 19.9 Å². The largest absolute Gasteiger partial charge is 0.477 e. The number of ether oxygens (including phenoxy) is 1. The van der Waals surface area contributed by atoms with Gasteiger partial charge in [0.1, 0.15) is 0 Å². The van der Waals surface area contributed by atoms with Crippen molar-refractivity contribution in [3.05, 3.63) is 12.4 Å². The van der Waals surface area contributed by atoms with Gasteiger partial charge in [0.15, 0.2) is 5.82 Å². The molecule has 0 atom stereocenters. The van der Waals surface area contributed by atoms with Gasteiger partial charge in [0.2, 0.25) is 11.8 Å². The number of aromatic nitrogens is 2. The molecule has 0 saturated carbocycles. The van der Waals surface area contributed by atoms with Gasteiger partial charge in [0.05, 0.1) is 25.5 Å². The van der Waals surface area contributed by atoms with Gasteiger partial charge >= 0.3 is 0 Å². The van der Waals surface area contributed by atoms with Crippen LogP contribution in [-0.2, 0) is 4.79 Å². The molecular formula is C13H21N5O2. The number of carbonyl (C=O) groups excluding carboxylic acids is 1. The molecule has 1 amide bonds. The van der Waals surface area contributed by atoms with Gasteiger partial charge in [-0.05, 0) is 6.92 Å². The highest BCUT2D eigenvalue weighted by atomic mass is 16.5. The maximum absolute atomic E-state index is 12.2. The highest BCUT2D eigenvalue weighted by Crippen LogP contribution is 2.12. The molecule has 2 rings (SSSR count). The molecule has 110 valence electrons. The van der Waals surface area contributed by atoms with Gasteiger partial charge in [-0.3, -0.25) is 9.78 Å². The van der Waals surface area contributed by atoms with Crippen LogP contribution in [0.4, 0.5) is 5.82 Å². The molecule has 0 bridgehead atoms. The zero-order chi connectivity index (χ0) is 14.4. The highest BCUT2D eigenvalue weighted by molar-refractivity contribution is 5.81. The van der Waals surface area contributed by atoms with Gasteiger partial charge in [0.25, 0.3) is 0 Å². The molecule has 0 aromatic carbocycles. The van der Waals surface area contributed by atoms with E-state index < -0.39 is 0 Å². The fraction of sp³-hybridized carbons (Fsp3) is 0.615. The lowest BCUT2D eigenvalue weighted by Crippen LogP contribution is -2.49. The first kappa shape index (κ1) is 14.5. The van der Waals surface area contributed by atoms with Crippen LogP contribution < -0.4 is 15.0 Å². The molecule has 7 heteroatoms. The summed E-state index contributed by atoms with van der Waals surface area (Å²) in [6.45, 7) is 5.97. The number of hydrogen-bond acceptors (Lipinski definition) is 6. The number of hydrogen-bond donors (Lipinski definition) is 1. The van der Waals surface area contributed by atoms with E-state index in [0.717, 1.165) is 26.2 Å². The van der Waals surface area contributed by atoms with Gasteiger partial charge in [-0.1, -0.05) is 0 Å². The third-order valence-corrected chi connectivity index (χ3v) is 3.13. The Morgan fingerprint density at radius 2 is 2.20 bits per heavy atom. The molecule has 7 nitrogen and oxygen atoms in total. The lowest BCUT2D eigenvalue weighted by atomic mass is 10.3. The highest BCUT2D eigenvalue weighted by Gasteiger charge is 2.18. The number of amides is 1. The maximum atomic E-state index is 12.2. The molecule has 1 N–H and O–H groups in total. The number of carbonyl (C=O) groups is 1. The van der Waals surface area contributed by atoms with E-state index in [9.17, 15) is 4.79 Å². The number of rotatable bonds is 5. The van der Waals surface area contributed by atoms with Crippen molar-refractivity contribution in [2.45, 2.75) is 6.92 Å². The zero-order valence-electron chi connectivity index (χ0n) is 12.0. The van der Waals surface area contributed by atoms with Crippen LogP contribution in [0.5, 0.6) is 5.88 Å². The quantitative estimate of drug-likeness (QED) is 0.801. The summed E-state index contributed by atoms with van der Waals surface area (Å²) in [7, 11) is 1.83. The zero-order valence-corrected chi connectivity index (χ0v) is 12.0. The second-order valence-corrected chi connectivity index (χ2v) is 4.64. The number of likely N-dealkylation sites (N-methyl/N-ethyl adjacent to an activating group) is 1. The Morgan fingerprint density at radius 1 is 1.45 bits per heavy atom. The minimum atomic E-state index is 0.109. The van der Waals surface area contributed by atoms with E-state index in [1.54, 1.807) is 17.3 Å². The van der Waals surface area contributed by atoms with Crippen molar-refractivity contribution in [1.29, 1.82) is 0 Å². The third-order valence-electron chi connectivity index (χ3n) is 3.13. The molecule has 1 saturated heterocycles. The molecule has 1 aliphatic heterocycles. The van der Waals surface area contributed by atoms with Crippen molar-refractivity contribution in [3.63, 3.8) is 0 Å². The summed E-state index contributed by atoms with van der Waals surface area (Å²) in [6.07, 6.45) is 3.20. The van der Waals surface area contributed by atoms with E-state index in [1.807, 2.05) is 18.9 Å². The second-order valence-electron chi connectivity index (χ2n) is 4.64. The summed E-state index contributed by atoms with van der Waals surface area (Å²) >= 11 is 0. The lowest BCUT2D eigenvalue weighted by Gasteiger charge is -2.29. The Kier molecular flexibility index (Phi) is 5.11. The van der Waals surface area contributed by atoms with E-state index in [0.29, 0.717) is 24.8 Å². The molecule has 1 aromatic rings. The van der Waals surface area contributed by atoms with E-state index in [4.69, 9.17) is 4.74 Å². The van der Waals surface area contributed by atoms with Crippen LogP contribution in [0.15, 0.2) is 12.4 Å². The Morgan fingerprint density at radius 3 is 2.90 bits per heavy atom. The number of nitrogens with zero attached hydrogens (tertiary/aromatic N) is 4. The normalized spacial score (nSPS) is 15.0. The molecule has 0 spiro atoms. The Labute approximate surface area is 118 Å². The van der Waals surface area contributed by atoms with Crippen LogP contribution in [-0.4, -0.2) is 67.2 Å². The summed E-state index contributed by atoms with van der Waals surface area (Å²) in [5.41, 5.74) is 0. The summed E-state index contributed by atoms with van der Waals surface area (Å²) in [6, 6.07) is 0. The second kappa shape index (κ2) is 7.04. The van der Waals surface area contributed by atoms with Crippen LogP contribution >= 0.6 is 0 Å². The molecule has 0 aliphatic carbocycles. The summed E-state index contributed by atoms with van der Waals surface area (Å²) < 4.78 is 5.31. The van der Waals surface area contributed by atoms with Crippen molar-refractivity contribution in [2.24, 2.45) is 0 Å². The molecular weight excluding hydrogens is 258 g/mol. The molecule has 1 aliphatic rings. The topological polar surface area (TPSA) is 70.6 Å². The minimum absolute atomic E-state index is 0.109. The third kappa shape index (κ3) is 3.80. The van der Waals surface area contributed by atoms with Gasteiger partial charge in [-0.25, -0.2) is 0 Å². The van der Waals surface area contributed by atoms with Crippen LogP contribution in [0.1, 0.15) is 6.92 Å². The molecule has 0 radical (unpaired) electrons. The maximum Gasteiger partial charge on any atom is 0.242 e. The fourth-order valence-electron chi connectivity index (χ4n) is 2.04.